The molecule has 0 spiro atoms. The summed E-state index contributed by atoms with van der Waals surface area (Å²) in [6.45, 7) is 6.47. The number of nitrogens with one attached hydrogen (secondary N) is 1. The second-order valence-electron chi connectivity index (χ2n) is 18.7. The zero-order valence-corrected chi connectivity index (χ0v) is 41.5. The first-order valence-corrected chi connectivity index (χ1v) is 27.2. The fraction of sp³-hybridized carbons (Fsp3) is 0.857. The van der Waals surface area contributed by atoms with Gasteiger partial charge in [-0.1, -0.05) is 256 Å². The van der Waals surface area contributed by atoms with Crippen LogP contribution in [0, 0.1) is 0 Å². The molecule has 6 nitrogen and oxygen atoms in total. The van der Waals surface area contributed by atoms with Crippen LogP contribution in [0.5, 0.6) is 0 Å². The van der Waals surface area contributed by atoms with Crippen molar-refractivity contribution < 1.29 is 24.5 Å². The number of hydrogen-bond acceptors (Lipinski definition) is 5. The van der Waals surface area contributed by atoms with Gasteiger partial charge in [-0.2, -0.15) is 0 Å². The molecule has 0 aromatic heterocycles. The zero-order chi connectivity index (χ0) is 45.2. The van der Waals surface area contributed by atoms with E-state index in [4.69, 9.17) is 4.74 Å². The molecule has 3 unspecified atom stereocenters. The van der Waals surface area contributed by atoms with Crippen LogP contribution in [-0.2, 0) is 14.3 Å². The highest BCUT2D eigenvalue weighted by atomic mass is 16.5. The Labute approximate surface area is 385 Å². The maximum Gasteiger partial charge on any atom is 0.306 e. The first-order chi connectivity index (χ1) is 30.5. The van der Waals surface area contributed by atoms with Crippen LogP contribution >= 0.6 is 0 Å². The summed E-state index contributed by atoms with van der Waals surface area (Å²) >= 11 is 0. The molecule has 62 heavy (non-hydrogen) atoms. The lowest BCUT2D eigenvalue weighted by Gasteiger charge is -2.24. The highest BCUT2D eigenvalue weighted by Gasteiger charge is 2.24. The summed E-state index contributed by atoms with van der Waals surface area (Å²) in [4.78, 5) is 26.1. The molecule has 0 fully saturated rings. The Morgan fingerprint density at radius 1 is 0.468 bits per heavy atom. The molecular formula is C56H105NO5. The molecule has 6 heteroatoms. The van der Waals surface area contributed by atoms with Crippen LogP contribution in [0.2, 0.25) is 0 Å². The Balaban J connectivity index is 4.54. The van der Waals surface area contributed by atoms with Gasteiger partial charge in [-0.3, -0.25) is 9.59 Å². The molecule has 0 aromatic carbocycles. The first-order valence-electron chi connectivity index (χ1n) is 27.2. The fourth-order valence-corrected chi connectivity index (χ4v) is 8.37. The van der Waals surface area contributed by atoms with Gasteiger partial charge in [-0.25, -0.2) is 0 Å². The molecule has 1 amide bonds. The van der Waals surface area contributed by atoms with Crippen LogP contribution in [0.3, 0.4) is 0 Å². The van der Waals surface area contributed by atoms with Gasteiger partial charge in [0.1, 0.15) is 6.10 Å². The molecule has 0 aliphatic heterocycles. The minimum absolute atomic E-state index is 0.0586. The molecule has 3 atom stereocenters. The highest BCUT2D eigenvalue weighted by molar-refractivity contribution is 5.77. The zero-order valence-electron chi connectivity index (χ0n) is 41.5. The Kier molecular flexibility index (Phi) is 48.5. The second kappa shape index (κ2) is 50.1. The van der Waals surface area contributed by atoms with Gasteiger partial charge in [0.25, 0.3) is 0 Å². The molecule has 0 rings (SSSR count). The number of esters is 1. The van der Waals surface area contributed by atoms with E-state index in [1.807, 2.05) is 0 Å². The van der Waals surface area contributed by atoms with Crippen molar-refractivity contribution in [3.05, 3.63) is 36.5 Å². The number of carbonyl (C=O) groups is 2. The van der Waals surface area contributed by atoms with E-state index in [-0.39, 0.29) is 24.9 Å². The van der Waals surface area contributed by atoms with Crippen molar-refractivity contribution in [3.63, 3.8) is 0 Å². The number of rotatable bonds is 49. The van der Waals surface area contributed by atoms with Gasteiger partial charge in [-0.05, 0) is 51.4 Å². The Morgan fingerprint density at radius 2 is 0.823 bits per heavy atom. The molecular weight excluding hydrogens is 767 g/mol. The van der Waals surface area contributed by atoms with Crippen molar-refractivity contribution in [2.45, 2.75) is 302 Å². The molecule has 0 heterocycles. The normalized spacial score (nSPS) is 13.4. The van der Waals surface area contributed by atoms with Crippen LogP contribution in [0.15, 0.2) is 36.5 Å². The van der Waals surface area contributed by atoms with Gasteiger partial charge in [0.2, 0.25) is 5.91 Å². The van der Waals surface area contributed by atoms with Crippen LogP contribution in [0.1, 0.15) is 284 Å². The van der Waals surface area contributed by atoms with Crippen LogP contribution in [0.25, 0.3) is 0 Å². The summed E-state index contributed by atoms with van der Waals surface area (Å²) in [6.07, 6.45) is 59.2. The summed E-state index contributed by atoms with van der Waals surface area (Å²) < 4.78 is 5.92. The summed E-state index contributed by atoms with van der Waals surface area (Å²) in [7, 11) is 0. The predicted molar refractivity (Wildman–Crippen MR) is 269 cm³/mol. The Bertz CT molecular complexity index is 1020. The molecule has 0 aliphatic carbocycles. The predicted octanol–water partition coefficient (Wildman–Crippen LogP) is 16.5. The summed E-state index contributed by atoms with van der Waals surface area (Å²) in [5.41, 5.74) is 0. The molecule has 0 bridgehead atoms. The molecule has 0 saturated heterocycles. The molecule has 0 aliphatic rings. The number of hydrogen-bond donors (Lipinski definition) is 3. The highest BCUT2D eigenvalue weighted by Crippen LogP contribution is 2.18. The second-order valence-corrected chi connectivity index (χ2v) is 18.7. The van der Waals surface area contributed by atoms with E-state index in [0.29, 0.717) is 19.3 Å². The van der Waals surface area contributed by atoms with E-state index < -0.39 is 18.2 Å². The van der Waals surface area contributed by atoms with E-state index >= 15 is 0 Å². The summed E-state index contributed by atoms with van der Waals surface area (Å²) in [6, 6.07) is -0.710. The van der Waals surface area contributed by atoms with Crippen molar-refractivity contribution in [2.24, 2.45) is 0 Å². The number of amides is 1. The van der Waals surface area contributed by atoms with Gasteiger partial charge >= 0.3 is 5.97 Å². The third kappa shape index (κ3) is 44.7. The minimum Gasteiger partial charge on any atom is -0.462 e. The summed E-state index contributed by atoms with van der Waals surface area (Å²) in [5.74, 6) is -0.498. The van der Waals surface area contributed by atoms with Crippen molar-refractivity contribution in [1.82, 2.24) is 5.32 Å². The third-order valence-electron chi connectivity index (χ3n) is 12.5. The van der Waals surface area contributed by atoms with E-state index in [1.54, 1.807) is 0 Å². The third-order valence-corrected chi connectivity index (χ3v) is 12.5. The summed E-state index contributed by atoms with van der Waals surface area (Å²) in [5, 5.41) is 23.8. The molecule has 0 aromatic rings. The lowest BCUT2D eigenvalue weighted by molar-refractivity contribution is -0.151. The maximum atomic E-state index is 13.2. The number of aliphatic hydroxyl groups excluding tert-OH is 2. The lowest BCUT2D eigenvalue weighted by Crippen LogP contribution is -2.46. The van der Waals surface area contributed by atoms with Crippen molar-refractivity contribution in [2.75, 3.05) is 6.61 Å². The van der Waals surface area contributed by atoms with Gasteiger partial charge in [0, 0.05) is 6.42 Å². The van der Waals surface area contributed by atoms with E-state index in [2.05, 4.69) is 62.5 Å². The van der Waals surface area contributed by atoms with E-state index in [0.717, 1.165) is 70.6 Å². The first kappa shape index (κ1) is 60.1. The van der Waals surface area contributed by atoms with Gasteiger partial charge in [0.05, 0.1) is 25.2 Å². The molecule has 0 radical (unpaired) electrons. The van der Waals surface area contributed by atoms with E-state index in [9.17, 15) is 19.8 Å². The monoisotopic (exact) mass is 872 g/mol. The maximum absolute atomic E-state index is 13.2. The average molecular weight is 872 g/mol. The Hall–Kier alpha value is -1.92. The van der Waals surface area contributed by atoms with E-state index in [1.165, 1.54) is 167 Å². The quantitative estimate of drug-likeness (QED) is 0.0321. The van der Waals surface area contributed by atoms with Crippen LogP contribution < -0.4 is 5.32 Å². The van der Waals surface area contributed by atoms with Crippen molar-refractivity contribution in [3.8, 4) is 0 Å². The largest absolute Gasteiger partial charge is 0.462 e. The standard InChI is InChI=1S/C56H105NO5/c1-4-7-10-13-16-19-22-24-26-28-30-32-34-36-39-42-45-48-54(59)53(51-58)57-55(60)50-52(62-56(61)49-46-43-40-37-21-18-15-12-9-6-3)47-44-41-38-35-33-31-29-27-25-23-20-17-14-11-8-5-2/h23,25,27,29,31,33,52-54,58-59H,4-22,24,26,28,30,32,34-51H2,1-3H3,(H,57,60)/b25-23+,29-27+,33-31+. The molecule has 3 N–H and O–H groups in total. The van der Waals surface area contributed by atoms with Crippen molar-refractivity contribution in [1.29, 1.82) is 0 Å². The molecule has 364 valence electrons. The van der Waals surface area contributed by atoms with Crippen LogP contribution in [-0.4, -0.2) is 46.9 Å². The number of carbonyl (C=O) groups excluding carboxylic acids is 2. The number of aliphatic hydroxyl groups is 2. The SMILES string of the molecule is CCCCCCC/C=C/C=C/C=C/CCCCCC(CC(=O)NC(CO)C(O)CCCCCCCCCCCCCCCCCCC)OC(=O)CCCCCCCCCCCC. The van der Waals surface area contributed by atoms with Crippen LogP contribution in [0.4, 0.5) is 0 Å². The number of allylic oxidation sites excluding steroid dienone is 6. The smallest absolute Gasteiger partial charge is 0.306 e. The topological polar surface area (TPSA) is 95.9 Å². The number of unbranched alkanes of at least 4 members (excludes halogenated alkanes) is 33. The number of ether oxygens (including phenoxy) is 1. The molecule has 0 saturated carbocycles. The fourth-order valence-electron chi connectivity index (χ4n) is 8.37. The lowest BCUT2D eigenvalue weighted by atomic mass is 10.0. The average Bonchev–Trinajstić information content (AvgIpc) is 3.26. The van der Waals surface area contributed by atoms with Crippen molar-refractivity contribution >= 4 is 11.9 Å². The Morgan fingerprint density at radius 3 is 1.24 bits per heavy atom. The van der Waals surface area contributed by atoms with Gasteiger partial charge in [0.15, 0.2) is 0 Å². The van der Waals surface area contributed by atoms with Gasteiger partial charge < -0.3 is 20.3 Å². The van der Waals surface area contributed by atoms with Gasteiger partial charge in [-0.15, -0.1) is 0 Å². The minimum atomic E-state index is -0.795.